The number of anilines is 1. The van der Waals surface area contributed by atoms with Gasteiger partial charge in [0.05, 0.1) is 11.7 Å². The second-order valence-corrected chi connectivity index (χ2v) is 6.30. The van der Waals surface area contributed by atoms with Gasteiger partial charge in [-0.25, -0.2) is 4.39 Å². The van der Waals surface area contributed by atoms with Gasteiger partial charge in [-0.1, -0.05) is 31.1 Å². The lowest BCUT2D eigenvalue weighted by Crippen LogP contribution is -2.47. The predicted octanol–water partition coefficient (Wildman–Crippen LogP) is 3.22. The molecule has 0 N–H and O–H groups in total. The fourth-order valence-corrected chi connectivity index (χ4v) is 2.87. The molecule has 0 amide bonds. The minimum atomic E-state index is -0.160. The van der Waals surface area contributed by atoms with E-state index in [0.29, 0.717) is 11.6 Å². The molecule has 1 aliphatic rings. The third kappa shape index (κ3) is 3.37. The molecule has 0 saturated carbocycles. The van der Waals surface area contributed by atoms with Gasteiger partial charge in [-0.3, -0.25) is 4.90 Å². The summed E-state index contributed by atoms with van der Waals surface area (Å²) >= 11 is 0. The number of halogens is 1. The van der Waals surface area contributed by atoms with E-state index in [-0.39, 0.29) is 17.8 Å². The van der Waals surface area contributed by atoms with Gasteiger partial charge in [-0.2, -0.15) is 4.98 Å². The standard InChI is InChI=1S/C17H23FN4O/c1-12(2)16-19-17(23-20-16)13(3)21-8-10-22(11-9-21)15-7-5-4-6-14(15)18/h4-7,12-13H,8-11H2,1-3H3/t13-/m1/s1. The Labute approximate surface area is 136 Å². The zero-order valence-corrected chi connectivity index (χ0v) is 13.9. The van der Waals surface area contributed by atoms with Crippen LogP contribution in [0.1, 0.15) is 44.4 Å². The molecule has 1 aromatic heterocycles. The quantitative estimate of drug-likeness (QED) is 0.866. The van der Waals surface area contributed by atoms with Crippen LogP contribution >= 0.6 is 0 Å². The maximum atomic E-state index is 13.9. The molecule has 1 aromatic carbocycles. The van der Waals surface area contributed by atoms with Crippen LogP contribution in [0.15, 0.2) is 28.8 Å². The highest BCUT2D eigenvalue weighted by Crippen LogP contribution is 2.25. The smallest absolute Gasteiger partial charge is 0.243 e. The van der Waals surface area contributed by atoms with E-state index in [0.717, 1.165) is 32.0 Å². The minimum absolute atomic E-state index is 0.0813. The van der Waals surface area contributed by atoms with E-state index in [2.05, 4.69) is 26.9 Å². The maximum Gasteiger partial charge on any atom is 0.243 e. The third-order valence-electron chi connectivity index (χ3n) is 4.39. The van der Waals surface area contributed by atoms with Crippen LogP contribution < -0.4 is 4.90 Å². The van der Waals surface area contributed by atoms with Gasteiger partial charge in [0.25, 0.3) is 0 Å². The summed E-state index contributed by atoms with van der Waals surface area (Å²) in [5, 5.41) is 4.03. The Bertz CT molecular complexity index is 650. The first kappa shape index (κ1) is 15.9. The van der Waals surface area contributed by atoms with Crippen molar-refractivity contribution in [2.75, 3.05) is 31.1 Å². The van der Waals surface area contributed by atoms with Crippen LogP contribution in [-0.2, 0) is 0 Å². The van der Waals surface area contributed by atoms with Crippen molar-refractivity contribution in [2.24, 2.45) is 0 Å². The van der Waals surface area contributed by atoms with Gasteiger partial charge < -0.3 is 9.42 Å². The molecule has 1 fully saturated rings. The van der Waals surface area contributed by atoms with E-state index in [1.54, 1.807) is 6.07 Å². The van der Waals surface area contributed by atoms with Gasteiger partial charge in [0.15, 0.2) is 5.82 Å². The van der Waals surface area contributed by atoms with Gasteiger partial charge in [0.2, 0.25) is 5.89 Å². The van der Waals surface area contributed by atoms with Gasteiger partial charge in [-0.15, -0.1) is 0 Å². The average molecular weight is 318 g/mol. The SMILES string of the molecule is CC(C)c1noc([C@@H](C)N2CCN(c3ccccc3F)CC2)n1. The molecule has 124 valence electrons. The highest BCUT2D eigenvalue weighted by Gasteiger charge is 2.26. The monoisotopic (exact) mass is 318 g/mol. The van der Waals surface area contributed by atoms with Crippen molar-refractivity contribution in [3.8, 4) is 0 Å². The molecule has 0 radical (unpaired) electrons. The Hall–Kier alpha value is -1.95. The molecule has 0 bridgehead atoms. The van der Waals surface area contributed by atoms with Gasteiger partial charge in [0, 0.05) is 32.1 Å². The number of hydrogen-bond donors (Lipinski definition) is 0. The molecule has 0 aliphatic carbocycles. The topological polar surface area (TPSA) is 45.4 Å². The molecule has 1 saturated heterocycles. The highest BCUT2D eigenvalue weighted by atomic mass is 19.1. The summed E-state index contributed by atoms with van der Waals surface area (Å²) in [7, 11) is 0. The molecule has 3 rings (SSSR count). The fourth-order valence-electron chi connectivity index (χ4n) is 2.87. The number of rotatable bonds is 4. The average Bonchev–Trinajstić information content (AvgIpc) is 3.05. The molecule has 0 spiro atoms. The van der Waals surface area contributed by atoms with Crippen molar-refractivity contribution in [3.05, 3.63) is 41.8 Å². The third-order valence-corrected chi connectivity index (χ3v) is 4.39. The lowest BCUT2D eigenvalue weighted by Gasteiger charge is -2.38. The number of aromatic nitrogens is 2. The van der Waals surface area contributed by atoms with Crippen molar-refractivity contribution < 1.29 is 8.91 Å². The first-order valence-electron chi connectivity index (χ1n) is 8.13. The fraction of sp³-hybridized carbons (Fsp3) is 0.529. The molecule has 5 nitrogen and oxygen atoms in total. The summed E-state index contributed by atoms with van der Waals surface area (Å²) in [4.78, 5) is 8.87. The van der Waals surface area contributed by atoms with E-state index in [1.165, 1.54) is 6.07 Å². The maximum absolute atomic E-state index is 13.9. The Morgan fingerprint density at radius 1 is 1.09 bits per heavy atom. The van der Waals surface area contributed by atoms with E-state index in [1.807, 2.05) is 26.0 Å². The summed E-state index contributed by atoms with van der Waals surface area (Å²) in [5.74, 6) is 1.51. The molecule has 1 atom stereocenters. The summed E-state index contributed by atoms with van der Waals surface area (Å²) in [6.45, 7) is 9.44. The van der Waals surface area contributed by atoms with Crippen molar-refractivity contribution in [1.29, 1.82) is 0 Å². The molecule has 2 heterocycles. The molecule has 0 unspecified atom stereocenters. The summed E-state index contributed by atoms with van der Waals surface area (Å²) < 4.78 is 19.3. The normalized spacial score (nSPS) is 17.7. The van der Waals surface area contributed by atoms with Crippen molar-refractivity contribution in [2.45, 2.75) is 32.7 Å². The zero-order chi connectivity index (χ0) is 16.4. The van der Waals surface area contributed by atoms with E-state index < -0.39 is 0 Å². The Balaban J connectivity index is 1.63. The largest absolute Gasteiger partial charge is 0.367 e. The first-order chi connectivity index (χ1) is 11.1. The minimum Gasteiger partial charge on any atom is -0.367 e. The molecule has 1 aliphatic heterocycles. The van der Waals surface area contributed by atoms with Crippen molar-refractivity contribution >= 4 is 5.69 Å². The summed E-state index contributed by atoms with van der Waals surface area (Å²) in [5.41, 5.74) is 0.680. The highest BCUT2D eigenvalue weighted by molar-refractivity contribution is 5.48. The molecular weight excluding hydrogens is 295 g/mol. The zero-order valence-electron chi connectivity index (χ0n) is 13.9. The molecule has 2 aromatic rings. The van der Waals surface area contributed by atoms with Crippen LogP contribution in [0.5, 0.6) is 0 Å². The molecule has 6 heteroatoms. The Kier molecular flexibility index (Phi) is 4.61. The van der Waals surface area contributed by atoms with Crippen LogP contribution in [0.3, 0.4) is 0 Å². The van der Waals surface area contributed by atoms with Crippen molar-refractivity contribution in [3.63, 3.8) is 0 Å². The lowest BCUT2D eigenvalue weighted by molar-refractivity contribution is 0.164. The van der Waals surface area contributed by atoms with Gasteiger partial charge in [-0.05, 0) is 19.1 Å². The Morgan fingerprint density at radius 3 is 2.39 bits per heavy atom. The van der Waals surface area contributed by atoms with Crippen LogP contribution in [0.2, 0.25) is 0 Å². The summed E-state index contributed by atoms with van der Waals surface area (Å²) in [6.07, 6.45) is 0. The number of piperazine rings is 1. The van der Waals surface area contributed by atoms with Gasteiger partial charge >= 0.3 is 0 Å². The number of benzene rings is 1. The van der Waals surface area contributed by atoms with E-state index >= 15 is 0 Å². The van der Waals surface area contributed by atoms with Crippen LogP contribution in [-0.4, -0.2) is 41.2 Å². The number of nitrogens with zero attached hydrogens (tertiary/aromatic N) is 4. The summed E-state index contributed by atoms with van der Waals surface area (Å²) in [6, 6.07) is 7.02. The van der Waals surface area contributed by atoms with E-state index in [9.17, 15) is 4.39 Å². The first-order valence-corrected chi connectivity index (χ1v) is 8.13. The van der Waals surface area contributed by atoms with Crippen LogP contribution in [0, 0.1) is 5.82 Å². The second kappa shape index (κ2) is 6.66. The molecule has 23 heavy (non-hydrogen) atoms. The van der Waals surface area contributed by atoms with Gasteiger partial charge in [0.1, 0.15) is 5.82 Å². The van der Waals surface area contributed by atoms with Crippen LogP contribution in [0.4, 0.5) is 10.1 Å². The second-order valence-electron chi connectivity index (χ2n) is 6.30. The van der Waals surface area contributed by atoms with E-state index in [4.69, 9.17) is 4.52 Å². The molecular formula is C17H23FN4O. The predicted molar refractivity (Wildman–Crippen MR) is 87.0 cm³/mol. The lowest BCUT2D eigenvalue weighted by atomic mass is 10.2. The van der Waals surface area contributed by atoms with Crippen molar-refractivity contribution in [1.82, 2.24) is 15.0 Å². The van der Waals surface area contributed by atoms with Crippen LogP contribution in [0.25, 0.3) is 0 Å². The Morgan fingerprint density at radius 2 is 1.78 bits per heavy atom. The number of para-hydroxylation sites is 1. The number of hydrogen-bond acceptors (Lipinski definition) is 5.